The van der Waals surface area contributed by atoms with Crippen molar-refractivity contribution in [3.8, 4) is 5.75 Å². The summed E-state index contributed by atoms with van der Waals surface area (Å²) in [6.07, 6.45) is 0.431. The van der Waals surface area contributed by atoms with Gasteiger partial charge in [-0.15, -0.1) is 23.1 Å². The maximum Gasteiger partial charge on any atom is 0.307 e. The molecule has 1 N–H and O–H groups in total. The number of ether oxygens (including phenoxy) is 2. The number of rotatable bonds is 10. The SMILES string of the molecule is COc1ccccc1NC(=O)Cc1nc(COC(=O)CCSc2ccc(Cl)cc2)cs1. The Balaban J connectivity index is 1.39. The van der Waals surface area contributed by atoms with Gasteiger partial charge in [0.2, 0.25) is 5.91 Å². The molecule has 3 aromatic rings. The second kappa shape index (κ2) is 11.7. The number of esters is 1. The number of hydrogen-bond acceptors (Lipinski definition) is 7. The predicted molar refractivity (Wildman–Crippen MR) is 124 cm³/mol. The molecule has 2 aromatic carbocycles. The summed E-state index contributed by atoms with van der Waals surface area (Å²) in [7, 11) is 1.55. The van der Waals surface area contributed by atoms with Gasteiger partial charge >= 0.3 is 5.97 Å². The van der Waals surface area contributed by atoms with Gasteiger partial charge in [-0.2, -0.15) is 0 Å². The zero-order chi connectivity index (χ0) is 22.1. The number of halogens is 1. The van der Waals surface area contributed by atoms with Gasteiger partial charge in [0.25, 0.3) is 0 Å². The van der Waals surface area contributed by atoms with E-state index in [1.165, 1.54) is 11.3 Å². The number of carbonyl (C=O) groups is 2. The lowest BCUT2D eigenvalue weighted by molar-refractivity contribution is -0.144. The van der Waals surface area contributed by atoms with E-state index in [4.69, 9.17) is 21.1 Å². The highest BCUT2D eigenvalue weighted by molar-refractivity contribution is 7.99. The number of benzene rings is 2. The minimum Gasteiger partial charge on any atom is -0.495 e. The van der Waals surface area contributed by atoms with E-state index in [0.29, 0.717) is 39.3 Å². The zero-order valence-corrected chi connectivity index (χ0v) is 19.2. The first-order chi connectivity index (χ1) is 15.0. The van der Waals surface area contributed by atoms with Crippen molar-refractivity contribution in [3.63, 3.8) is 0 Å². The first-order valence-electron chi connectivity index (χ1n) is 9.43. The molecule has 0 unspecified atom stereocenters. The maximum atomic E-state index is 12.3. The number of hydrogen-bond donors (Lipinski definition) is 1. The standard InChI is InChI=1S/C22H21ClN2O4S2/c1-28-19-5-3-2-4-18(19)25-20(26)12-21-24-16(14-31-21)13-29-22(27)10-11-30-17-8-6-15(23)7-9-17/h2-9,14H,10-13H2,1H3,(H,25,26). The van der Waals surface area contributed by atoms with E-state index in [2.05, 4.69) is 10.3 Å². The van der Waals surface area contributed by atoms with Crippen molar-refractivity contribution in [2.75, 3.05) is 18.2 Å². The number of methoxy groups -OCH3 is 1. The third-order valence-corrected chi connectivity index (χ3v) is 6.23. The summed E-state index contributed by atoms with van der Waals surface area (Å²) in [5.74, 6) is 0.731. The van der Waals surface area contributed by atoms with E-state index >= 15 is 0 Å². The van der Waals surface area contributed by atoms with E-state index in [0.717, 1.165) is 4.90 Å². The Hall–Kier alpha value is -2.55. The fourth-order valence-electron chi connectivity index (χ4n) is 2.59. The van der Waals surface area contributed by atoms with Crippen LogP contribution in [0.4, 0.5) is 5.69 Å². The van der Waals surface area contributed by atoms with Gasteiger partial charge in [-0.05, 0) is 36.4 Å². The third kappa shape index (κ3) is 7.57. The quantitative estimate of drug-likeness (QED) is 0.319. The molecule has 9 heteroatoms. The Morgan fingerprint density at radius 3 is 2.71 bits per heavy atom. The Morgan fingerprint density at radius 2 is 1.94 bits per heavy atom. The van der Waals surface area contributed by atoms with E-state index in [1.807, 2.05) is 36.4 Å². The van der Waals surface area contributed by atoms with E-state index in [1.54, 1.807) is 36.4 Å². The summed E-state index contributed by atoms with van der Waals surface area (Å²) in [5.41, 5.74) is 1.24. The molecule has 162 valence electrons. The lowest BCUT2D eigenvalue weighted by Gasteiger charge is -2.08. The summed E-state index contributed by atoms with van der Waals surface area (Å²) in [6.45, 7) is 0.0923. The highest BCUT2D eigenvalue weighted by atomic mass is 35.5. The lowest BCUT2D eigenvalue weighted by Crippen LogP contribution is -2.15. The molecule has 31 heavy (non-hydrogen) atoms. The molecule has 0 saturated heterocycles. The molecular weight excluding hydrogens is 456 g/mol. The molecule has 1 amide bonds. The predicted octanol–water partition coefficient (Wildman–Crippen LogP) is 5.21. The van der Waals surface area contributed by atoms with Crippen molar-refractivity contribution in [2.45, 2.75) is 24.3 Å². The fraction of sp³-hybridized carbons (Fsp3) is 0.227. The van der Waals surface area contributed by atoms with Crippen molar-refractivity contribution in [1.82, 2.24) is 4.98 Å². The largest absolute Gasteiger partial charge is 0.495 e. The number of thiazole rings is 1. The van der Waals surface area contributed by atoms with Crippen LogP contribution < -0.4 is 10.1 Å². The summed E-state index contributed by atoms with van der Waals surface area (Å²) in [5, 5.41) is 5.94. The molecule has 0 spiro atoms. The summed E-state index contributed by atoms with van der Waals surface area (Å²) >= 11 is 8.78. The van der Waals surface area contributed by atoms with Gasteiger partial charge in [-0.25, -0.2) is 4.98 Å². The van der Waals surface area contributed by atoms with Crippen LogP contribution in [0, 0.1) is 0 Å². The van der Waals surface area contributed by atoms with Crippen LogP contribution in [0.3, 0.4) is 0 Å². The zero-order valence-electron chi connectivity index (χ0n) is 16.8. The number of thioether (sulfide) groups is 1. The Bertz CT molecular complexity index is 1020. The first kappa shape index (κ1) is 23.1. The smallest absolute Gasteiger partial charge is 0.307 e. The Kier molecular flexibility index (Phi) is 8.75. The van der Waals surface area contributed by atoms with Crippen LogP contribution in [0.1, 0.15) is 17.1 Å². The van der Waals surface area contributed by atoms with Crippen LogP contribution in [-0.4, -0.2) is 29.7 Å². The van der Waals surface area contributed by atoms with Crippen LogP contribution >= 0.6 is 34.7 Å². The van der Waals surface area contributed by atoms with Gasteiger partial charge in [0.05, 0.1) is 31.3 Å². The molecule has 1 heterocycles. The van der Waals surface area contributed by atoms with E-state index < -0.39 is 0 Å². The average molecular weight is 477 g/mol. The topological polar surface area (TPSA) is 77.5 Å². The Morgan fingerprint density at radius 1 is 1.16 bits per heavy atom. The van der Waals surface area contributed by atoms with Gasteiger partial charge in [-0.3, -0.25) is 9.59 Å². The Labute approximate surface area is 193 Å². The van der Waals surface area contributed by atoms with Crippen molar-refractivity contribution < 1.29 is 19.1 Å². The number of para-hydroxylation sites is 2. The number of amides is 1. The van der Waals surface area contributed by atoms with E-state index in [-0.39, 0.29) is 24.9 Å². The van der Waals surface area contributed by atoms with Crippen LogP contribution in [0.5, 0.6) is 5.75 Å². The van der Waals surface area contributed by atoms with Crippen LogP contribution in [0.2, 0.25) is 5.02 Å². The summed E-state index contributed by atoms with van der Waals surface area (Å²) < 4.78 is 10.5. The molecule has 3 rings (SSSR count). The van der Waals surface area contributed by atoms with Crippen molar-refractivity contribution in [1.29, 1.82) is 0 Å². The molecule has 0 bridgehead atoms. The number of carbonyl (C=O) groups excluding carboxylic acids is 2. The molecule has 6 nitrogen and oxygen atoms in total. The average Bonchev–Trinajstić information content (AvgIpc) is 3.21. The molecule has 0 aliphatic heterocycles. The van der Waals surface area contributed by atoms with Gasteiger partial charge in [-0.1, -0.05) is 23.7 Å². The van der Waals surface area contributed by atoms with Crippen LogP contribution in [-0.2, 0) is 27.4 Å². The van der Waals surface area contributed by atoms with Crippen molar-refractivity contribution in [2.24, 2.45) is 0 Å². The number of nitrogens with one attached hydrogen (secondary N) is 1. The molecule has 0 aliphatic carbocycles. The van der Waals surface area contributed by atoms with Crippen molar-refractivity contribution in [3.05, 3.63) is 69.6 Å². The van der Waals surface area contributed by atoms with Gasteiger partial charge < -0.3 is 14.8 Å². The second-order valence-electron chi connectivity index (χ2n) is 6.37. The lowest BCUT2D eigenvalue weighted by atomic mass is 10.3. The summed E-state index contributed by atoms with van der Waals surface area (Å²) in [4.78, 5) is 29.7. The monoisotopic (exact) mass is 476 g/mol. The number of anilines is 1. The van der Waals surface area contributed by atoms with Gasteiger partial charge in [0, 0.05) is 21.1 Å². The van der Waals surface area contributed by atoms with Crippen molar-refractivity contribution >= 4 is 52.3 Å². The van der Waals surface area contributed by atoms with Gasteiger partial charge in [0.15, 0.2) is 0 Å². The number of aromatic nitrogens is 1. The minimum absolute atomic E-state index is 0.0923. The van der Waals surface area contributed by atoms with Gasteiger partial charge in [0.1, 0.15) is 17.4 Å². The molecule has 0 fully saturated rings. The van der Waals surface area contributed by atoms with Crippen LogP contribution in [0.15, 0.2) is 58.8 Å². The second-order valence-corrected chi connectivity index (χ2v) is 8.92. The normalized spacial score (nSPS) is 10.5. The maximum absolute atomic E-state index is 12.3. The molecule has 0 atom stereocenters. The highest BCUT2D eigenvalue weighted by Gasteiger charge is 2.12. The molecule has 0 aliphatic rings. The first-order valence-corrected chi connectivity index (χ1v) is 11.7. The highest BCUT2D eigenvalue weighted by Crippen LogP contribution is 2.24. The minimum atomic E-state index is -0.287. The molecule has 1 aromatic heterocycles. The molecular formula is C22H21ClN2O4S2. The molecule has 0 saturated carbocycles. The third-order valence-electron chi connectivity index (χ3n) is 4.06. The van der Waals surface area contributed by atoms with Crippen LogP contribution in [0.25, 0.3) is 0 Å². The fourth-order valence-corrected chi connectivity index (χ4v) is 4.32. The number of nitrogens with zero attached hydrogens (tertiary/aromatic N) is 1. The summed E-state index contributed by atoms with van der Waals surface area (Å²) in [6, 6.07) is 14.7. The van der Waals surface area contributed by atoms with E-state index in [9.17, 15) is 9.59 Å². The molecule has 0 radical (unpaired) electrons.